The highest BCUT2D eigenvalue weighted by molar-refractivity contribution is 5.83. The van der Waals surface area contributed by atoms with Crippen LogP contribution in [-0.2, 0) is 14.3 Å². The van der Waals surface area contributed by atoms with E-state index < -0.39 is 24.0 Å². The molecule has 3 aromatic rings. The molecule has 1 unspecified atom stereocenters. The number of ether oxygens (including phenoxy) is 1. The van der Waals surface area contributed by atoms with E-state index in [1.54, 1.807) is 12.1 Å². The van der Waals surface area contributed by atoms with E-state index in [1.807, 2.05) is 72.8 Å². The van der Waals surface area contributed by atoms with E-state index in [-0.39, 0.29) is 19.6 Å². The second-order valence-electron chi connectivity index (χ2n) is 7.84. The summed E-state index contributed by atoms with van der Waals surface area (Å²) in [6, 6.07) is 26.1. The molecular weight excluding hydrogens is 446 g/mol. The van der Waals surface area contributed by atoms with Crippen LogP contribution >= 0.6 is 0 Å². The van der Waals surface area contributed by atoms with Crippen LogP contribution in [0.5, 0.6) is 0 Å². The summed E-state index contributed by atoms with van der Waals surface area (Å²) < 4.78 is 5.08. The molecule has 1 atom stereocenters. The molecule has 0 saturated heterocycles. The maximum atomic E-state index is 12.3. The predicted molar refractivity (Wildman–Crippen MR) is 134 cm³/mol. The third-order valence-corrected chi connectivity index (χ3v) is 5.18. The van der Waals surface area contributed by atoms with Crippen molar-refractivity contribution in [1.82, 2.24) is 10.6 Å². The number of carboxylic acids is 1. The molecule has 0 aliphatic heterocycles. The summed E-state index contributed by atoms with van der Waals surface area (Å²) in [5.74, 6) is -1.55. The summed E-state index contributed by atoms with van der Waals surface area (Å²) in [6.07, 6.45) is -0.384. The lowest BCUT2D eigenvalue weighted by atomic mass is 9.99. The van der Waals surface area contributed by atoms with Gasteiger partial charge in [-0.25, -0.2) is 4.79 Å². The number of benzene rings is 3. The van der Waals surface area contributed by atoms with Crippen molar-refractivity contribution in [1.29, 1.82) is 0 Å². The molecule has 0 aliphatic carbocycles. The van der Waals surface area contributed by atoms with Gasteiger partial charge < -0.3 is 25.8 Å². The van der Waals surface area contributed by atoms with E-state index in [2.05, 4.69) is 16.0 Å². The first-order chi connectivity index (χ1) is 17.0. The normalized spacial score (nSPS) is 11.2. The van der Waals surface area contributed by atoms with Crippen molar-refractivity contribution in [2.24, 2.45) is 0 Å². The smallest absolute Gasteiger partial charge is 0.407 e. The second kappa shape index (κ2) is 13.4. The molecule has 0 aliphatic rings. The quantitative estimate of drug-likeness (QED) is 0.292. The molecule has 35 heavy (non-hydrogen) atoms. The van der Waals surface area contributed by atoms with Crippen LogP contribution in [0.25, 0.3) is 11.1 Å². The number of hydrogen-bond acceptors (Lipinski definition) is 5. The summed E-state index contributed by atoms with van der Waals surface area (Å²) in [7, 11) is 0. The van der Waals surface area contributed by atoms with Gasteiger partial charge >= 0.3 is 12.1 Å². The second-order valence-corrected chi connectivity index (χ2v) is 7.84. The lowest BCUT2D eigenvalue weighted by Gasteiger charge is -2.18. The van der Waals surface area contributed by atoms with Crippen molar-refractivity contribution in [3.63, 3.8) is 0 Å². The van der Waals surface area contributed by atoms with Crippen molar-refractivity contribution >= 4 is 23.7 Å². The van der Waals surface area contributed by atoms with Gasteiger partial charge in [-0.3, -0.25) is 9.59 Å². The average Bonchev–Trinajstić information content (AvgIpc) is 2.88. The lowest BCUT2D eigenvalue weighted by molar-refractivity contribution is -0.137. The Morgan fingerprint density at radius 2 is 1.46 bits per heavy atom. The number of alkyl carbamates (subject to hydrolysis) is 1. The third kappa shape index (κ3) is 8.85. The number of aliphatic carboxylic acids is 1. The third-order valence-electron chi connectivity index (χ3n) is 5.18. The number of para-hydroxylation sites is 1. The van der Waals surface area contributed by atoms with Gasteiger partial charge in [0.05, 0.1) is 19.1 Å². The highest BCUT2D eigenvalue weighted by Crippen LogP contribution is 2.23. The lowest BCUT2D eigenvalue weighted by Crippen LogP contribution is -2.39. The van der Waals surface area contributed by atoms with Crippen LogP contribution in [0.1, 0.15) is 24.4 Å². The summed E-state index contributed by atoms with van der Waals surface area (Å²) in [5.41, 5.74) is 3.67. The minimum absolute atomic E-state index is 0.197. The first-order valence-corrected chi connectivity index (χ1v) is 11.4. The van der Waals surface area contributed by atoms with Gasteiger partial charge in [0.1, 0.15) is 6.54 Å². The zero-order chi connectivity index (χ0) is 24.9. The van der Waals surface area contributed by atoms with Crippen LogP contribution in [-0.4, -0.2) is 42.8 Å². The summed E-state index contributed by atoms with van der Waals surface area (Å²) >= 11 is 0. The molecule has 3 aromatic carbocycles. The fraction of sp³-hybridized carbons (Fsp3) is 0.222. The Bertz CT molecular complexity index is 1090. The molecule has 182 valence electrons. The molecule has 4 N–H and O–H groups in total. The standard InChI is InChI=1S/C27H29N3O5/c31-25(19-29-27(34)35-17-7-16-28-23-10-5-2-6-11-23)30-24(18-26(32)33)22-14-12-21(13-15-22)20-8-3-1-4-9-20/h1-6,8-15,24,28H,7,16-19H2,(H,29,34)(H,30,31)(H,32,33). The Balaban J connectivity index is 1.42. The maximum absolute atomic E-state index is 12.3. The van der Waals surface area contributed by atoms with Crippen molar-refractivity contribution in [2.45, 2.75) is 18.9 Å². The van der Waals surface area contributed by atoms with E-state index in [4.69, 9.17) is 4.74 Å². The minimum Gasteiger partial charge on any atom is -0.481 e. The molecule has 0 radical (unpaired) electrons. The molecule has 3 rings (SSSR count). The van der Waals surface area contributed by atoms with Gasteiger partial charge in [0.25, 0.3) is 0 Å². The largest absolute Gasteiger partial charge is 0.481 e. The van der Waals surface area contributed by atoms with Gasteiger partial charge in [-0.2, -0.15) is 0 Å². The number of carbonyl (C=O) groups is 3. The molecular formula is C27H29N3O5. The van der Waals surface area contributed by atoms with Crippen molar-refractivity contribution in [3.8, 4) is 11.1 Å². The van der Waals surface area contributed by atoms with Gasteiger partial charge in [0.2, 0.25) is 5.91 Å². The van der Waals surface area contributed by atoms with Gasteiger partial charge in [-0.1, -0.05) is 72.8 Å². The number of carboxylic acid groups (broad SMARTS) is 1. The Morgan fingerprint density at radius 1 is 0.829 bits per heavy atom. The highest BCUT2D eigenvalue weighted by atomic mass is 16.5. The molecule has 0 aromatic heterocycles. The van der Waals surface area contributed by atoms with Crippen molar-refractivity contribution in [2.75, 3.05) is 25.0 Å². The topological polar surface area (TPSA) is 117 Å². The summed E-state index contributed by atoms with van der Waals surface area (Å²) in [5, 5.41) is 17.6. The monoisotopic (exact) mass is 475 g/mol. The maximum Gasteiger partial charge on any atom is 0.407 e. The first kappa shape index (κ1) is 25.3. The number of hydrogen-bond donors (Lipinski definition) is 4. The molecule has 2 amide bonds. The first-order valence-electron chi connectivity index (χ1n) is 11.4. The predicted octanol–water partition coefficient (Wildman–Crippen LogP) is 4.21. The van der Waals surface area contributed by atoms with Crippen LogP contribution < -0.4 is 16.0 Å². The fourth-order valence-corrected chi connectivity index (χ4v) is 3.44. The van der Waals surface area contributed by atoms with E-state index in [0.29, 0.717) is 18.5 Å². The van der Waals surface area contributed by atoms with Gasteiger partial charge in [-0.15, -0.1) is 0 Å². The number of amides is 2. The van der Waals surface area contributed by atoms with Crippen LogP contribution in [0.15, 0.2) is 84.9 Å². The van der Waals surface area contributed by atoms with E-state index in [0.717, 1.165) is 16.8 Å². The van der Waals surface area contributed by atoms with Crippen LogP contribution in [0.2, 0.25) is 0 Å². The Labute approximate surface area is 204 Å². The Hall–Kier alpha value is -4.33. The van der Waals surface area contributed by atoms with E-state index >= 15 is 0 Å². The fourth-order valence-electron chi connectivity index (χ4n) is 3.44. The van der Waals surface area contributed by atoms with Crippen LogP contribution in [0.4, 0.5) is 10.5 Å². The molecule has 0 bridgehead atoms. The van der Waals surface area contributed by atoms with E-state index in [9.17, 15) is 19.5 Å². The van der Waals surface area contributed by atoms with Crippen molar-refractivity contribution in [3.05, 3.63) is 90.5 Å². The van der Waals surface area contributed by atoms with E-state index in [1.165, 1.54) is 0 Å². The number of carbonyl (C=O) groups excluding carboxylic acids is 2. The number of anilines is 1. The molecule has 0 fully saturated rings. The Morgan fingerprint density at radius 3 is 2.11 bits per heavy atom. The molecule has 0 saturated carbocycles. The highest BCUT2D eigenvalue weighted by Gasteiger charge is 2.19. The summed E-state index contributed by atoms with van der Waals surface area (Å²) in [4.78, 5) is 35.5. The van der Waals surface area contributed by atoms with Crippen LogP contribution in [0.3, 0.4) is 0 Å². The SMILES string of the molecule is O=C(O)CC(NC(=O)CNC(=O)OCCCNc1ccccc1)c1ccc(-c2ccccc2)cc1. The number of nitrogens with one attached hydrogen (secondary N) is 3. The minimum atomic E-state index is -1.04. The molecule has 8 nitrogen and oxygen atoms in total. The van der Waals surface area contributed by atoms with Gasteiger partial charge in [-0.05, 0) is 35.2 Å². The van der Waals surface area contributed by atoms with Gasteiger partial charge in [0.15, 0.2) is 0 Å². The Kier molecular flexibility index (Phi) is 9.68. The molecule has 8 heteroatoms. The average molecular weight is 476 g/mol. The van der Waals surface area contributed by atoms with Crippen molar-refractivity contribution < 1.29 is 24.2 Å². The summed E-state index contributed by atoms with van der Waals surface area (Å²) in [6.45, 7) is 0.514. The van der Waals surface area contributed by atoms with Crippen LogP contribution in [0, 0.1) is 0 Å². The zero-order valence-electron chi connectivity index (χ0n) is 19.3. The van der Waals surface area contributed by atoms with Gasteiger partial charge in [0, 0.05) is 12.2 Å². The molecule has 0 spiro atoms. The zero-order valence-corrected chi connectivity index (χ0v) is 19.3. The number of rotatable bonds is 12. The molecule has 0 heterocycles.